The van der Waals surface area contributed by atoms with E-state index in [1.165, 1.54) is 0 Å². The molecular weight excluding hydrogens is 330 g/mol. The van der Waals surface area contributed by atoms with E-state index < -0.39 is 32.6 Å². The van der Waals surface area contributed by atoms with Gasteiger partial charge in [0.05, 0.1) is 4.92 Å². The van der Waals surface area contributed by atoms with Crippen LogP contribution >= 0.6 is 22.9 Å². The monoisotopic (exact) mass is 339 g/mol. The molecule has 1 atom stereocenters. The first kappa shape index (κ1) is 15.2. The smallest absolute Gasteiger partial charge is 0.300 e. The molecule has 0 aliphatic carbocycles. The zero-order valence-electron chi connectivity index (χ0n) is 9.96. The molecule has 0 radical (unpaired) electrons. The van der Waals surface area contributed by atoms with Crippen molar-refractivity contribution in [2.45, 2.75) is 23.1 Å². The average Bonchev–Trinajstić information content (AvgIpc) is 2.75. The van der Waals surface area contributed by atoms with Gasteiger partial charge < -0.3 is 5.32 Å². The number of carbonyl (C=O) groups excluding carboxylic acids is 1. The van der Waals surface area contributed by atoms with E-state index in [1.807, 2.05) is 0 Å². The molecule has 8 nitrogen and oxygen atoms in total. The van der Waals surface area contributed by atoms with Gasteiger partial charge in [-0.2, -0.15) is 4.72 Å². The molecule has 110 valence electrons. The predicted molar refractivity (Wildman–Crippen MR) is 72.3 cm³/mol. The fraction of sp³-hybridized carbons (Fsp3) is 0.444. The average molecular weight is 340 g/mol. The van der Waals surface area contributed by atoms with Crippen molar-refractivity contribution in [3.8, 4) is 0 Å². The summed E-state index contributed by atoms with van der Waals surface area (Å²) < 4.78 is 25.9. The minimum Gasteiger partial charge on any atom is -0.355 e. The van der Waals surface area contributed by atoms with E-state index in [2.05, 4.69) is 10.0 Å². The van der Waals surface area contributed by atoms with E-state index in [9.17, 15) is 23.3 Å². The Labute approximate surface area is 123 Å². The number of carbonyl (C=O) groups is 1. The fourth-order valence-corrected chi connectivity index (χ4v) is 4.64. The standard InChI is InChI=1S/C9H10ClN3O5S2/c10-8-6(13(15)16)4-7(19-8)20(17,18)12-5-2-1-3-11-9(5)14/h4-5,12H,1-3H2,(H,11,14). The van der Waals surface area contributed by atoms with Crippen molar-refractivity contribution in [2.75, 3.05) is 6.54 Å². The summed E-state index contributed by atoms with van der Waals surface area (Å²) in [6.45, 7) is 0.507. The molecule has 1 fully saturated rings. The number of nitrogens with zero attached hydrogens (tertiary/aromatic N) is 1. The Balaban J connectivity index is 2.24. The van der Waals surface area contributed by atoms with Crippen molar-refractivity contribution >= 4 is 44.6 Å². The molecule has 20 heavy (non-hydrogen) atoms. The number of nitro groups is 1. The quantitative estimate of drug-likeness (QED) is 0.623. The van der Waals surface area contributed by atoms with Crippen LogP contribution in [0.4, 0.5) is 5.69 Å². The first-order valence-corrected chi connectivity index (χ1v) is 8.23. The third-order valence-electron chi connectivity index (χ3n) is 2.69. The molecule has 1 aromatic rings. The van der Waals surface area contributed by atoms with Gasteiger partial charge in [0.15, 0.2) is 4.34 Å². The van der Waals surface area contributed by atoms with Crippen LogP contribution in [0.1, 0.15) is 12.8 Å². The van der Waals surface area contributed by atoms with Crippen LogP contribution in [0.5, 0.6) is 0 Å². The largest absolute Gasteiger partial charge is 0.355 e. The Morgan fingerprint density at radius 1 is 1.55 bits per heavy atom. The molecule has 0 spiro atoms. The summed E-state index contributed by atoms with van der Waals surface area (Å²) in [5, 5.41) is 13.2. The summed E-state index contributed by atoms with van der Waals surface area (Å²) in [4.78, 5) is 21.4. The van der Waals surface area contributed by atoms with Gasteiger partial charge in [0, 0.05) is 12.6 Å². The first-order chi connectivity index (χ1) is 9.31. The van der Waals surface area contributed by atoms with Gasteiger partial charge >= 0.3 is 0 Å². The Kier molecular flexibility index (Phi) is 4.28. The molecule has 1 saturated heterocycles. The molecule has 0 saturated carbocycles. The highest BCUT2D eigenvalue weighted by Crippen LogP contribution is 2.36. The van der Waals surface area contributed by atoms with Gasteiger partial charge in [-0.15, -0.1) is 11.3 Å². The van der Waals surface area contributed by atoms with Crippen molar-refractivity contribution in [1.82, 2.24) is 10.0 Å². The molecule has 0 bridgehead atoms. The van der Waals surface area contributed by atoms with Crippen LogP contribution in [0, 0.1) is 10.1 Å². The summed E-state index contributed by atoms with van der Waals surface area (Å²) in [6.07, 6.45) is 1.04. The van der Waals surface area contributed by atoms with Crippen molar-refractivity contribution < 1.29 is 18.1 Å². The van der Waals surface area contributed by atoms with E-state index in [0.717, 1.165) is 6.07 Å². The number of thiophene rings is 1. The zero-order chi connectivity index (χ0) is 14.9. The topological polar surface area (TPSA) is 118 Å². The lowest BCUT2D eigenvalue weighted by molar-refractivity contribution is -0.384. The molecule has 2 heterocycles. The van der Waals surface area contributed by atoms with Gasteiger partial charge in [-0.05, 0) is 12.8 Å². The number of halogens is 1. The Morgan fingerprint density at radius 3 is 2.80 bits per heavy atom. The van der Waals surface area contributed by atoms with Crippen LogP contribution in [0.3, 0.4) is 0 Å². The maximum absolute atomic E-state index is 12.1. The number of rotatable bonds is 4. The second-order valence-electron chi connectivity index (χ2n) is 4.09. The second-order valence-corrected chi connectivity index (χ2v) is 7.68. The number of sulfonamides is 1. The van der Waals surface area contributed by atoms with E-state index in [0.29, 0.717) is 30.7 Å². The fourth-order valence-electron chi connectivity index (χ4n) is 1.73. The summed E-state index contributed by atoms with van der Waals surface area (Å²) in [5.41, 5.74) is -0.467. The summed E-state index contributed by atoms with van der Waals surface area (Å²) >= 11 is 6.20. The zero-order valence-corrected chi connectivity index (χ0v) is 12.3. The first-order valence-electron chi connectivity index (χ1n) is 5.55. The Morgan fingerprint density at radius 2 is 2.25 bits per heavy atom. The molecule has 2 N–H and O–H groups in total. The van der Waals surface area contributed by atoms with Crippen LogP contribution in [0.15, 0.2) is 10.3 Å². The summed E-state index contributed by atoms with van der Waals surface area (Å²) in [5.74, 6) is -0.406. The molecule has 11 heteroatoms. The number of hydrogen-bond donors (Lipinski definition) is 2. The van der Waals surface area contributed by atoms with Crippen LogP contribution in [0.2, 0.25) is 4.34 Å². The molecule has 1 amide bonds. The third-order valence-corrected chi connectivity index (χ3v) is 5.97. The Hall–Kier alpha value is -1.23. The highest BCUT2D eigenvalue weighted by atomic mass is 35.5. The van der Waals surface area contributed by atoms with Gasteiger partial charge in [0.1, 0.15) is 10.3 Å². The van der Waals surface area contributed by atoms with Gasteiger partial charge in [-0.3, -0.25) is 14.9 Å². The molecule has 1 aliphatic heterocycles. The SMILES string of the molecule is O=C1NCCCC1NS(=O)(=O)c1cc([N+](=O)[O-])c(Cl)s1. The van der Waals surface area contributed by atoms with E-state index in [-0.39, 0.29) is 8.55 Å². The van der Waals surface area contributed by atoms with Crippen LogP contribution in [-0.4, -0.2) is 31.8 Å². The van der Waals surface area contributed by atoms with E-state index >= 15 is 0 Å². The molecule has 1 unspecified atom stereocenters. The molecule has 2 rings (SSSR count). The van der Waals surface area contributed by atoms with Crippen molar-refractivity contribution in [2.24, 2.45) is 0 Å². The minimum atomic E-state index is -4.01. The summed E-state index contributed by atoms with van der Waals surface area (Å²) in [6, 6.07) is 0.0180. The van der Waals surface area contributed by atoms with Crippen LogP contribution in [0.25, 0.3) is 0 Å². The van der Waals surface area contributed by atoms with Crippen LogP contribution in [-0.2, 0) is 14.8 Å². The van der Waals surface area contributed by atoms with Gasteiger partial charge in [0.25, 0.3) is 15.7 Å². The van der Waals surface area contributed by atoms with E-state index in [1.54, 1.807) is 0 Å². The second kappa shape index (κ2) is 5.64. The van der Waals surface area contributed by atoms with Gasteiger partial charge in [-0.25, -0.2) is 8.42 Å². The molecule has 1 aliphatic rings. The van der Waals surface area contributed by atoms with Gasteiger partial charge in [-0.1, -0.05) is 11.6 Å². The highest BCUT2D eigenvalue weighted by Gasteiger charge is 2.31. The number of hydrogen-bond acceptors (Lipinski definition) is 6. The lowest BCUT2D eigenvalue weighted by Crippen LogP contribution is -2.49. The number of piperidine rings is 1. The maximum atomic E-state index is 12.1. The van der Waals surface area contributed by atoms with Crippen molar-refractivity contribution in [1.29, 1.82) is 0 Å². The molecule has 1 aromatic heterocycles. The lowest BCUT2D eigenvalue weighted by Gasteiger charge is -2.22. The normalized spacial score (nSPS) is 19.6. The predicted octanol–water partition coefficient (Wildman–Crippen LogP) is 0.867. The van der Waals surface area contributed by atoms with Crippen molar-refractivity contribution in [3.63, 3.8) is 0 Å². The van der Waals surface area contributed by atoms with Crippen LogP contribution < -0.4 is 10.0 Å². The molecule has 0 aromatic carbocycles. The number of nitrogens with one attached hydrogen (secondary N) is 2. The third kappa shape index (κ3) is 3.08. The van der Waals surface area contributed by atoms with E-state index in [4.69, 9.17) is 11.6 Å². The minimum absolute atomic E-state index is 0.219. The number of amides is 1. The van der Waals surface area contributed by atoms with Gasteiger partial charge in [0.2, 0.25) is 5.91 Å². The molecular formula is C9H10ClN3O5S2. The highest BCUT2D eigenvalue weighted by molar-refractivity contribution is 7.91. The lowest BCUT2D eigenvalue weighted by atomic mass is 10.1. The Bertz CT molecular complexity index is 657. The summed E-state index contributed by atoms with van der Waals surface area (Å²) in [7, 11) is -4.01. The van der Waals surface area contributed by atoms with Crippen molar-refractivity contribution in [3.05, 3.63) is 20.5 Å². The maximum Gasteiger partial charge on any atom is 0.300 e.